The molecule has 170 valence electrons. The minimum Gasteiger partial charge on any atom is -0.381 e. The molecular weight excluding hydrogens is 432 g/mol. The topological polar surface area (TPSA) is 41.5 Å². The SMILES string of the molecule is FC(F)(F)Cc1cc2c(N3C[C@H]4CCN(CC5(F)CCOCC5)C[C@H]4C3)ncnc2s1. The Morgan fingerprint density at radius 3 is 2.68 bits per heavy atom. The summed E-state index contributed by atoms with van der Waals surface area (Å²) >= 11 is 1.08. The molecule has 0 aromatic carbocycles. The smallest absolute Gasteiger partial charge is 0.381 e. The van der Waals surface area contributed by atoms with Gasteiger partial charge in [0.2, 0.25) is 0 Å². The van der Waals surface area contributed by atoms with Gasteiger partial charge in [0.1, 0.15) is 22.6 Å². The van der Waals surface area contributed by atoms with Crippen molar-refractivity contribution in [1.29, 1.82) is 0 Å². The maximum atomic E-state index is 15.1. The van der Waals surface area contributed by atoms with E-state index in [0.717, 1.165) is 49.8 Å². The van der Waals surface area contributed by atoms with E-state index in [2.05, 4.69) is 19.8 Å². The summed E-state index contributed by atoms with van der Waals surface area (Å²) in [5, 5.41) is 0.701. The summed E-state index contributed by atoms with van der Waals surface area (Å²) in [6.07, 6.45) is -1.81. The van der Waals surface area contributed by atoms with Gasteiger partial charge in [-0.25, -0.2) is 14.4 Å². The van der Waals surface area contributed by atoms with Crippen molar-refractivity contribution in [1.82, 2.24) is 14.9 Å². The van der Waals surface area contributed by atoms with Crippen LogP contribution >= 0.6 is 11.3 Å². The number of thiophene rings is 1. The molecule has 3 fully saturated rings. The van der Waals surface area contributed by atoms with E-state index >= 15 is 4.39 Å². The van der Waals surface area contributed by atoms with E-state index < -0.39 is 18.3 Å². The number of rotatable bonds is 4. The number of anilines is 1. The molecule has 0 bridgehead atoms. The van der Waals surface area contributed by atoms with Gasteiger partial charge in [-0.05, 0) is 30.9 Å². The minimum atomic E-state index is -4.24. The van der Waals surface area contributed by atoms with Gasteiger partial charge >= 0.3 is 6.18 Å². The highest BCUT2D eigenvalue weighted by molar-refractivity contribution is 7.18. The molecule has 2 atom stereocenters. The molecule has 3 aliphatic rings. The summed E-state index contributed by atoms with van der Waals surface area (Å²) < 4.78 is 58.9. The van der Waals surface area contributed by atoms with Crippen molar-refractivity contribution in [3.05, 3.63) is 17.3 Å². The Hall–Kier alpha value is -1.52. The fraction of sp³-hybridized carbons (Fsp3) is 0.714. The molecule has 10 heteroatoms. The van der Waals surface area contributed by atoms with Crippen LogP contribution in [-0.4, -0.2) is 72.7 Å². The first-order chi connectivity index (χ1) is 14.8. The molecule has 0 radical (unpaired) electrons. The average molecular weight is 459 g/mol. The second kappa shape index (κ2) is 8.12. The van der Waals surface area contributed by atoms with Crippen LogP contribution in [0.5, 0.6) is 0 Å². The molecular formula is C21H26F4N4OS. The van der Waals surface area contributed by atoms with Crippen molar-refractivity contribution < 1.29 is 22.3 Å². The van der Waals surface area contributed by atoms with Crippen LogP contribution in [0.3, 0.4) is 0 Å². The van der Waals surface area contributed by atoms with Crippen LogP contribution < -0.4 is 4.90 Å². The number of likely N-dealkylation sites (tertiary alicyclic amines) is 1. The van der Waals surface area contributed by atoms with Crippen LogP contribution in [0.25, 0.3) is 10.2 Å². The molecule has 0 aliphatic carbocycles. The van der Waals surface area contributed by atoms with E-state index in [0.29, 0.717) is 54.7 Å². The number of nitrogens with zero attached hydrogens (tertiary/aromatic N) is 4. The first-order valence-corrected chi connectivity index (χ1v) is 11.6. The zero-order valence-electron chi connectivity index (χ0n) is 17.2. The number of ether oxygens (including phenoxy) is 1. The number of fused-ring (bicyclic) bond motifs is 2. The normalized spacial score (nSPS) is 27.0. The Morgan fingerprint density at radius 2 is 1.90 bits per heavy atom. The third-order valence-corrected chi connectivity index (χ3v) is 7.86. The average Bonchev–Trinajstić information content (AvgIpc) is 3.29. The second-order valence-corrected chi connectivity index (χ2v) is 10.2. The number of hydrogen-bond donors (Lipinski definition) is 0. The fourth-order valence-corrected chi connectivity index (χ4v) is 6.31. The second-order valence-electron chi connectivity index (χ2n) is 9.13. The number of alkyl halides is 4. The molecule has 31 heavy (non-hydrogen) atoms. The highest BCUT2D eigenvalue weighted by atomic mass is 32.1. The van der Waals surface area contributed by atoms with Crippen LogP contribution in [0.1, 0.15) is 24.1 Å². The number of aromatic nitrogens is 2. The Kier molecular flexibility index (Phi) is 5.58. The minimum absolute atomic E-state index is 0.261. The number of hydrogen-bond acceptors (Lipinski definition) is 6. The van der Waals surface area contributed by atoms with E-state index in [1.54, 1.807) is 6.07 Å². The molecule has 3 saturated heterocycles. The highest BCUT2D eigenvalue weighted by Gasteiger charge is 2.41. The summed E-state index contributed by atoms with van der Waals surface area (Å²) in [5.74, 6) is 1.64. The van der Waals surface area contributed by atoms with Crippen LogP contribution in [0.15, 0.2) is 12.4 Å². The van der Waals surface area contributed by atoms with Gasteiger partial charge in [0.25, 0.3) is 0 Å². The van der Waals surface area contributed by atoms with Gasteiger partial charge in [-0.1, -0.05) is 0 Å². The van der Waals surface area contributed by atoms with E-state index in [1.165, 1.54) is 6.33 Å². The maximum absolute atomic E-state index is 15.1. The lowest BCUT2D eigenvalue weighted by Crippen LogP contribution is -2.48. The predicted octanol–water partition coefficient (Wildman–Crippen LogP) is 4.07. The predicted molar refractivity (Wildman–Crippen MR) is 111 cm³/mol. The Bertz CT molecular complexity index is 930. The lowest BCUT2D eigenvalue weighted by molar-refractivity contribution is -0.126. The van der Waals surface area contributed by atoms with E-state index in [-0.39, 0.29) is 4.88 Å². The van der Waals surface area contributed by atoms with Crippen LogP contribution in [0, 0.1) is 11.8 Å². The zero-order valence-corrected chi connectivity index (χ0v) is 18.0. The van der Waals surface area contributed by atoms with Gasteiger partial charge in [0.15, 0.2) is 0 Å². The van der Waals surface area contributed by atoms with E-state index in [9.17, 15) is 13.2 Å². The molecule has 0 unspecified atom stereocenters. The standard InChI is InChI=1S/C21H26F4N4OS/c22-20(2-5-30-6-3-20)12-28-4-1-14-10-29(11-15(14)9-28)18-17-7-16(8-21(23,24)25)31-19(17)27-13-26-18/h7,13-15H,1-6,8-12H2/t14-,15+/m1/s1. The van der Waals surface area contributed by atoms with Crippen LogP contribution in [0.2, 0.25) is 0 Å². The lowest BCUT2D eigenvalue weighted by atomic mass is 9.87. The lowest BCUT2D eigenvalue weighted by Gasteiger charge is -2.39. The number of piperidine rings is 1. The zero-order chi connectivity index (χ0) is 21.6. The van der Waals surface area contributed by atoms with Crippen molar-refractivity contribution in [3.63, 3.8) is 0 Å². The molecule has 2 aromatic heterocycles. The van der Waals surface area contributed by atoms with Crippen LogP contribution in [0.4, 0.5) is 23.4 Å². The summed E-state index contributed by atoms with van der Waals surface area (Å²) in [7, 11) is 0. The largest absolute Gasteiger partial charge is 0.393 e. The summed E-state index contributed by atoms with van der Waals surface area (Å²) in [6, 6.07) is 1.59. The molecule has 2 aromatic rings. The van der Waals surface area contributed by atoms with Crippen molar-refractivity contribution in [3.8, 4) is 0 Å². The molecule has 0 N–H and O–H groups in total. The summed E-state index contributed by atoms with van der Waals surface area (Å²) in [4.78, 5) is 13.9. The van der Waals surface area contributed by atoms with Gasteiger partial charge in [-0.15, -0.1) is 11.3 Å². The molecule has 0 amide bonds. The van der Waals surface area contributed by atoms with Crippen molar-refractivity contribution in [2.24, 2.45) is 11.8 Å². The van der Waals surface area contributed by atoms with Crippen molar-refractivity contribution in [2.75, 3.05) is 50.8 Å². The Morgan fingerprint density at radius 1 is 1.13 bits per heavy atom. The molecule has 5 rings (SSSR count). The van der Waals surface area contributed by atoms with Crippen LogP contribution in [-0.2, 0) is 11.2 Å². The molecule has 3 aliphatic heterocycles. The first kappa shape index (κ1) is 21.3. The van der Waals surface area contributed by atoms with Gasteiger partial charge in [-0.2, -0.15) is 13.2 Å². The summed E-state index contributed by atoms with van der Waals surface area (Å²) in [6.45, 7) is 4.81. The Balaban J connectivity index is 1.29. The fourth-order valence-electron chi connectivity index (χ4n) is 5.29. The summed E-state index contributed by atoms with van der Waals surface area (Å²) in [5.41, 5.74) is -1.16. The first-order valence-electron chi connectivity index (χ1n) is 10.8. The molecule has 0 spiro atoms. The van der Waals surface area contributed by atoms with Gasteiger partial charge in [0.05, 0.1) is 11.8 Å². The van der Waals surface area contributed by atoms with Crippen molar-refractivity contribution >= 4 is 27.4 Å². The molecule has 5 nitrogen and oxygen atoms in total. The Labute approximate surface area is 182 Å². The van der Waals surface area contributed by atoms with Crippen molar-refractivity contribution in [2.45, 2.75) is 37.5 Å². The van der Waals surface area contributed by atoms with Gasteiger partial charge in [0, 0.05) is 57.1 Å². The quantitative estimate of drug-likeness (QED) is 0.646. The van der Waals surface area contributed by atoms with E-state index in [1.807, 2.05) is 0 Å². The molecule has 5 heterocycles. The third-order valence-electron chi connectivity index (χ3n) is 6.81. The maximum Gasteiger partial charge on any atom is 0.393 e. The number of halogens is 4. The third kappa shape index (κ3) is 4.66. The van der Waals surface area contributed by atoms with Gasteiger partial charge in [-0.3, -0.25) is 4.90 Å². The highest BCUT2D eigenvalue weighted by Crippen LogP contribution is 2.39. The van der Waals surface area contributed by atoms with E-state index in [4.69, 9.17) is 4.74 Å². The monoisotopic (exact) mass is 458 g/mol. The van der Waals surface area contributed by atoms with Gasteiger partial charge < -0.3 is 9.64 Å². The molecule has 0 saturated carbocycles.